The van der Waals surface area contributed by atoms with E-state index in [1.165, 1.54) is 6.08 Å². The normalized spacial score (nSPS) is 12.3. The Labute approximate surface area is 99.6 Å². The van der Waals surface area contributed by atoms with Crippen LogP contribution in [0.25, 0.3) is 6.08 Å². The molecule has 0 aliphatic heterocycles. The second-order valence-corrected chi connectivity index (χ2v) is 4.42. The highest BCUT2D eigenvalue weighted by Crippen LogP contribution is 2.08. The lowest BCUT2D eigenvalue weighted by atomic mass is 10.2. The first kappa shape index (κ1) is 12.5. The summed E-state index contributed by atoms with van der Waals surface area (Å²) in [6.07, 6.45) is 3.32. The Morgan fingerprint density at radius 3 is 3.06 bits per heavy atom. The standard InChI is InChI=1S/C12H14N2OS/c1-10(7-13)8-14(2)12(15)4-3-11-5-6-16-9-11/h3-6,9-10H,8H2,1-2H3. The maximum atomic E-state index is 11.6. The lowest BCUT2D eigenvalue weighted by Crippen LogP contribution is -2.29. The molecule has 0 spiro atoms. The van der Waals surface area contributed by atoms with Gasteiger partial charge in [-0.2, -0.15) is 16.6 Å². The van der Waals surface area contributed by atoms with E-state index in [1.807, 2.05) is 16.8 Å². The molecule has 16 heavy (non-hydrogen) atoms. The van der Waals surface area contributed by atoms with Crippen molar-refractivity contribution in [3.63, 3.8) is 0 Å². The highest BCUT2D eigenvalue weighted by Gasteiger charge is 2.08. The summed E-state index contributed by atoms with van der Waals surface area (Å²) in [5.74, 6) is -0.211. The van der Waals surface area contributed by atoms with Crippen LogP contribution in [0.2, 0.25) is 0 Å². The van der Waals surface area contributed by atoms with E-state index in [9.17, 15) is 4.79 Å². The van der Waals surface area contributed by atoms with Crippen LogP contribution in [0, 0.1) is 17.2 Å². The molecule has 0 aromatic carbocycles. The van der Waals surface area contributed by atoms with Crippen LogP contribution in [0.5, 0.6) is 0 Å². The molecule has 0 bridgehead atoms. The number of nitrogens with zero attached hydrogens (tertiary/aromatic N) is 2. The number of hydrogen-bond acceptors (Lipinski definition) is 3. The number of carbonyl (C=O) groups excluding carboxylic acids is 1. The highest BCUT2D eigenvalue weighted by molar-refractivity contribution is 7.08. The van der Waals surface area contributed by atoms with Gasteiger partial charge in [0, 0.05) is 19.7 Å². The topological polar surface area (TPSA) is 44.1 Å². The molecule has 0 saturated carbocycles. The molecule has 1 aromatic heterocycles. The Morgan fingerprint density at radius 1 is 1.75 bits per heavy atom. The molecule has 1 amide bonds. The third-order valence-electron chi connectivity index (χ3n) is 2.11. The van der Waals surface area contributed by atoms with Crippen molar-refractivity contribution < 1.29 is 4.79 Å². The Bertz CT molecular complexity index is 403. The van der Waals surface area contributed by atoms with Crippen LogP contribution in [0.15, 0.2) is 22.9 Å². The van der Waals surface area contributed by atoms with E-state index >= 15 is 0 Å². The molecule has 0 saturated heterocycles. The number of likely N-dealkylation sites (N-methyl/N-ethyl adjacent to an activating group) is 1. The second-order valence-electron chi connectivity index (χ2n) is 3.64. The predicted octanol–water partition coefficient (Wildman–Crippen LogP) is 2.38. The van der Waals surface area contributed by atoms with Gasteiger partial charge in [-0.1, -0.05) is 0 Å². The summed E-state index contributed by atoms with van der Waals surface area (Å²) in [5, 5.41) is 12.6. The van der Waals surface area contributed by atoms with Crippen molar-refractivity contribution in [1.82, 2.24) is 4.90 Å². The lowest BCUT2D eigenvalue weighted by molar-refractivity contribution is -0.125. The summed E-state index contributed by atoms with van der Waals surface area (Å²) in [6, 6.07) is 4.05. The molecule has 3 nitrogen and oxygen atoms in total. The fraction of sp³-hybridized carbons (Fsp3) is 0.333. The first-order chi connectivity index (χ1) is 7.63. The molecule has 0 fully saturated rings. The van der Waals surface area contributed by atoms with Gasteiger partial charge in [0.05, 0.1) is 12.0 Å². The van der Waals surface area contributed by atoms with E-state index in [4.69, 9.17) is 5.26 Å². The summed E-state index contributed by atoms with van der Waals surface area (Å²) in [6.45, 7) is 2.26. The van der Waals surface area contributed by atoms with Gasteiger partial charge in [0.15, 0.2) is 0 Å². The molecule has 84 valence electrons. The van der Waals surface area contributed by atoms with Gasteiger partial charge in [-0.3, -0.25) is 4.79 Å². The zero-order valence-electron chi connectivity index (χ0n) is 9.38. The van der Waals surface area contributed by atoms with Crippen molar-refractivity contribution in [2.75, 3.05) is 13.6 Å². The first-order valence-electron chi connectivity index (χ1n) is 4.98. The van der Waals surface area contributed by atoms with E-state index in [2.05, 4.69) is 6.07 Å². The quantitative estimate of drug-likeness (QED) is 0.751. The average Bonchev–Trinajstić information content (AvgIpc) is 2.78. The molecule has 1 heterocycles. The highest BCUT2D eigenvalue weighted by atomic mass is 32.1. The first-order valence-corrected chi connectivity index (χ1v) is 5.92. The van der Waals surface area contributed by atoms with E-state index in [1.54, 1.807) is 36.3 Å². The van der Waals surface area contributed by atoms with Crippen molar-refractivity contribution in [2.24, 2.45) is 5.92 Å². The molecule has 1 unspecified atom stereocenters. The van der Waals surface area contributed by atoms with Crippen LogP contribution in [0.4, 0.5) is 0 Å². The molecule has 4 heteroatoms. The fourth-order valence-electron chi connectivity index (χ4n) is 1.21. The largest absolute Gasteiger partial charge is 0.341 e. The molecule has 0 aliphatic carbocycles. The summed E-state index contributed by atoms with van der Waals surface area (Å²) >= 11 is 1.59. The van der Waals surface area contributed by atoms with E-state index < -0.39 is 0 Å². The minimum atomic E-state index is -0.136. The van der Waals surface area contributed by atoms with Gasteiger partial charge in [-0.15, -0.1) is 0 Å². The van der Waals surface area contributed by atoms with Crippen molar-refractivity contribution in [2.45, 2.75) is 6.92 Å². The monoisotopic (exact) mass is 234 g/mol. The Kier molecular flexibility index (Phi) is 4.74. The van der Waals surface area contributed by atoms with Crippen LogP contribution in [0.1, 0.15) is 12.5 Å². The van der Waals surface area contributed by atoms with Crippen molar-refractivity contribution in [1.29, 1.82) is 5.26 Å². The number of rotatable bonds is 4. The maximum Gasteiger partial charge on any atom is 0.246 e. The lowest BCUT2D eigenvalue weighted by Gasteiger charge is -2.15. The van der Waals surface area contributed by atoms with Gasteiger partial charge in [-0.05, 0) is 35.4 Å². The van der Waals surface area contributed by atoms with Crippen molar-refractivity contribution in [3.05, 3.63) is 28.5 Å². The molecule has 1 aromatic rings. The molecule has 0 aliphatic rings. The second kappa shape index (κ2) is 6.09. The van der Waals surface area contributed by atoms with Crippen molar-refractivity contribution in [3.8, 4) is 6.07 Å². The third-order valence-corrected chi connectivity index (χ3v) is 2.81. The molecule has 0 radical (unpaired) electrons. The predicted molar refractivity (Wildman–Crippen MR) is 65.8 cm³/mol. The van der Waals surface area contributed by atoms with Gasteiger partial charge >= 0.3 is 0 Å². The van der Waals surface area contributed by atoms with Gasteiger partial charge in [0.2, 0.25) is 5.91 Å². The van der Waals surface area contributed by atoms with E-state index in [-0.39, 0.29) is 11.8 Å². The number of thiophene rings is 1. The van der Waals surface area contributed by atoms with Crippen molar-refractivity contribution >= 4 is 23.3 Å². The molecule has 1 rings (SSSR count). The van der Waals surface area contributed by atoms with E-state index in [0.29, 0.717) is 6.54 Å². The van der Waals surface area contributed by atoms with Gasteiger partial charge < -0.3 is 4.90 Å². The number of nitriles is 1. The zero-order chi connectivity index (χ0) is 12.0. The Morgan fingerprint density at radius 2 is 2.50 bits per heavy atom. The average molecular weight is 234 g/mol. The smallest absolute Gasteiger partial charge is 0.246 e. The van der Waals surface area contributed by atoms with Crippen LogP contribution < -0.4 is 0 Å². The number of hydrogen-bond donors (Lipinski definition) is 0. The third kappa shape index (κ3) is 3.87. The Balaban J connectivity index is 2.49. The summed E-state index contributed by atoms with van der Waals surface area (Å²) in [7, 11) is 1.70. The van der Waals surface area contributed by atoms with E-state index in [0.717, 1.165) is 5.56 Å². The number of carbonyl (C=O) groups is 1. The fourth-order valence-corrected chi connectivity index (χ4v) is 1.83. The summed E-state index contributed by atoms with van der Waals surface area (Å²) in [5.41, 5.74) is 1.03. The van der Waals surface area contributed by atoms with Gasteiger partial charge in [0.25, 0.3) is 0 Å². The Hall–Kier alpha value is -1.60. The molecular weight excluding hydrogens is 220 g/mol. The summed E-state index contributed by atoms with van der Waals surface area (Å²) in [4.78, 5) is 13.2. The number of amides is 1. The van der Waals surface area contributed by atoms with Gasteiger partial charge in [-0.25, -0.2) is 0 Å². The van der Waals surface area contributed by atoms with Crippen LogP contribution in [-0.4, -0.2) is 24.4 Å². The van der Waals surface area contributed by atoms with Gasteiger partial charge in [0.1, 0.15) is 0 Å². The summed E-state index contributed by atoms with van der Waals surface area (Å²) < 4.78 is 0. The van der Waals surface area contributed by atoms with Crippen LogP contribution in [-0.2, 0) is 4.79 Å². The van der Waals surface area contributed by atoms with Crippen LogP contribution in [0.3, 0.4) is 0 Å². The molecular formula is C12H14N2OS. The minimum Gasteiger partial charge on any atom is -0.341 e. The molecule has 0 N–H and O–H groups in total. The SMILES string of the molecule is CC(C#N)CN(C)C(=O)C=Cc1ccsc1. The van der Waals surface area contributed by atoms with Crippen LogP contribution >= 0.6 is 11.3 Å². The molecule has 1 atom stereocenters. The maximum absolute atomic E-state index is 11.6. The minimum absolute atomic E-state index is 0.0756. The zero-order valence-corrected chi connectivity index (χ0v) is 10.2.